The second kappa shape index (κ2) is 8.38. The molecule has 0 spiro atoms. The van der Waals surface area contributed by atoms with Crippen LogP contribution < -0.4 is 5.32 Å². The molecule has 0 aliphatic heterocycles. The Morgan fingerprint density at radius 2 is 2.00 bits per heavy atom. The van der Waals surface area contributed by atoms with E-state index >= 15 is 0 Å². The molecule has 108 valence electrons. The fourth-order valence-corrected chi connectivity index (χ4v) is 1.52. The number of halogens is 1. The average molecular weight is 296 g/mol. The number of rotatable bonds is 6. The molecule has 0 bridgehead atoms. The molecule has 0 radical (unpaired) electrons. The highest BCUT2D eigenvalue weighted by Crippen LogP contribution is 2.10. The van der Waals surface area contributed by atoms with Crippen LogP contribution in [0.3, 0.4) is 0 Å². The molecule has 0 heterocycles. The van der Waals surface area contributed by atoms with Crippen LogP contribution in [0.15, 0.2) is 30.3 Å². The lowest BCUT2D eigenvalue weighted by Crippen LogP contribution is -2.38. The topological polar surface area (TPSA) is 55.4 Å². The van der Waals surface area contributed by atoms with Gasteiger partial charge in [-0.3, -0.25) is 4.79 Å². The molecule has 1 aromatic rings. The summed E-state index contributed by atoms with van der Waals surface area (Å²) in [4.78, 5) is 23.1. The molecule has 0 aliphatic rings. The maximum absolute atomic E-state index is 11.6. The zero-order valence-electron chi connectivity index (χ0n) is 11.6. The number of benzene rings is 1. The maximum atomic E-state index is 11.6. The lowest BCUT2D eigenvalue weighted by Gasteiger charge is -2.11. The Balaban J connectivity index is 2.46. The van der Waals surface area contributed by atoms with Crippen molar-refractivity contribution in [3.63, 3.8) is 0 Å². The van der Waals surface area contributed by atoms with E-state index in [0.29, 0.717) is 11.6 Å². The van der Waals surface area contributed by atoms with Crippen molar-refractivity contribution in [3.05, 3.63) is 40.9 Å². The Morgan fingerprint density at radius 3 is 2.60 bits per heavy atom. The zero-order valence-corrected chi connectivity index (χ0v) is 12.3. The smallest absolute Gasteiger partial charge is 0.328 e. The minimum Gasteiger partial charge on any atom is -0.464 e. The monoisotopic (exact) mass is 295 g/mol. The molecule has 0 unspecified atom stereocenters. The Bertz CT molecular complexity index is 482. The predicted octanol–water partition coefficient (Wildman–Crippen LogP) is 2.81. The van der Waals surface area contributed by atoms with E-state index < -0.39 is 12.0 Å². The van der Waals surface area contributed by atoms with E-state index in [0.717, 1.165) is 12.0 Å². The molecular formula is C15H18ClNO3. The number of carbonyl (C=O) groups is 2. The molecule has 20 heavy (non-hydrogen) atoms. The molecule has 0 aliphatic carbocycles. The Morgan fingerprint density at radius 1 is 1.35 bits per heavy atom. The van der Waals surface area contributed by atoms with Gasteiger partial charge in [-0.2, -0.15) is 0 Å². The van der Waals surface area contributed by atoms with Crippen molar-refractivity contribution in [1.29, 1.82) is 0 Å². The first-order valence-corrected chi connectivity index (χ1v) is 6.81. The van der Waals surface area contributed by atoms with Gasteiger partial charge in [-0.15, -0.1) is 0 Å². The molecule has 1 atom stereocenters. The summed E-state index contributed by atoms with van der Waals surface area (Å²) >= 11 is 5.76. The number of hydrogen-bond donors (Lipinski definition) is 1. The van der Waals surface area contributed by atoms with Gasteiger partial charge in [0, 0.05) is 11.1 Å². The molecule has 1 aromatic carbocycles. The summed E-state index contributed by atoms with van der Waals surface area (Å²) in [5.41, 5.74) is 0.853. The molecule has 0 saturated heterocycles. The van der Waals surface area contributed by atoms with Crippen LogP contribution in [-0.4, -0.2) is 24.5 Å². The first-order valence-electron chi connectivity index (χ1n) is 6.43. The second-order valence-electron chi connectivity index (χ2n) is 4.28. The molecular weight excluding hydrogens is 278 g/mol. The number of carbonyl (C=O) groups excluding carboxylic acids is 2. The van der Waals surface area contributed by atoms with Crippen LogP contribution >= 0.6 is 11.6 Å². The van der Waals surface area contributed by atoms with Gasteiger partial charge in [0.25, 0.3) is 0 Å². The molecule has 4 nitrogen and oxygen atoms in total. The van der Waals surface area contributed by atoms with Gasteiger partial charge >= 0.3 is 5.97 Å². The van der Waals surface area contributed by atoms with Crippen LogP contribution in [0.2, 0.25) is 5.02 Å². The van der Waals surface area contributed by atoms with Crippen molar-refractivity contribution in [2.45, 2.75) is 26.3 Å². The molecule has 0 saturated carbocycles. The Kier molecular flexibility index (Phi) is 6.81. The number of nitrogens with one attached hydrogen (secondary N) is 1. The summed E-state index contributed by atoms with van der Waals surface area (Å²) in [7, 11) is 0. The van der Waals surface area contributed by atoms with Gasteiger partial charge in [0.05, 0.1) is 6.61 Å². The van der Waals surface area contributed by atoms with Crippen molar-refractivity contribution < 1.29 is 14.3 Å². The largest absolute Gasteiger partial charge is 0.464 e. The molecule has 1 rings (SSSR count). The van der Waals surface area contributed by atoms with Crippen LogP contribution in [0.25, 0.3) is 6.08 Å². The summed E-state index contributed by atoms with van der Waals surface area (Å²) in [6, 6.07) is 6.41. The highest BCUT2D eigenvalue weighted by atomic mass is 35.5. The lowest BCUT2D eigenvalue weighted by atomic mass is 10.2. The quantitative estimate of drug-likeness (QED) is 0.648. The normalized spacial score (nSPS) is 12.2. The van der Waals surface area contributed by atoms with Crippen LogP contribution in [0.5, 0.6) is 0 Å². The molecule has 1 N–H and O–H groups in total. The lowest BCUT2D eigenvalue weighted by molar-refractivity contribution is -0.146. The van der Waals surface area contributed by atoms with Gasteiger partial charge in [-0.1, -0.05) is 30.7 Å². The third-order valence-electron chi connectivity index (χ3n) is 2.46. The van der Waals surface area contributed by atoms with Gasteiger partial charge in [-0.25, -0.2) is 4.79 Å². The summed E-state index contributed by atoms with van der Waals surface area (Å²) in [5, 5.41) is 3.18. The van der Waals surface area contributed by atoms with Crippen LogP contribution in [0.4, 0.5) is 0 Å². The third-order valence-corrected chi connectivity index (χ3v) is 2.71. The highest BCUT2D eigenvalue weighted by Gasteiger charge is 2.15. The SMILES string of the molecule is CCCOC(=O)[C@@H](C)NC(=O)/C=C/c1ccc(Cl)cc1. The van der Waals surface area contributed by atoms with Crippen molar-refractivity contribution in [2.24, 2.45) is 0 Å². The minimum absolute atomic E-state index is 0.346. The van der Waals surface area contributed by atoms with E-state index in [2.05, 4.69) is 5.32 Å². The predicted molar refractivity (Wildman–Crippen MR) is 79.3 cm³/mol. The van der Waals surface area contributed by atoms with Crippen molar-refractivity contribution >= 4 is 29.6 Å². The standard InChI is InChI=1S/C15H18ClNO3/c1-3-10-20-15(19)11(2)17-14(18)9-6-12-4-7-13(16)8-5-12/h4-9,11H,3,10H2,1-2H3,(H,17,18)/b9-6+/t11-/m1/s1. The summed E-state index contributed by atoms with van der Waals surface area (Å²) < 4.78 is 4.94. The van der Waals surface area contributed by atoms with Gasteiger partial charge < -0.3 is 10.1 Å². The minimum atomic E-state index is -0.663. The fourth-order valence-electron chi connectivity index (χ4n) is 1.39. The van der Waals surface area contributed by atoms with E-state index in [9.17, 15) is 9.59 Å². The van der Waals surface area contributed by atoms with Gasteiger partial charge in [0.2, 0.25) is 5.91 Å². The Hall–Kier alpha value is -1.81. The van der Waals surface area contributed by atoms with E-state index in [-0.39, 0.29) is 5.91 Å². The van der Waals surface area contributed by atoms with E-state index in [4.69, 9.17) is 16.3 Å². The summed E-state index contributed by atoms with van der Waals surface area (Å²) in [6.45, 7) is 3.86. The first kappa shape index (κ1) is 16.2. The molecule has 0 aromatic heterocycles. The highest BCUT2D eigenvalue weighted by molar-refractivity contribution is 6.30. The number of hydrogen-bond acceptors (Lipinski definition) is 3. The van der Waals surface area contributed by atoms with Gasteiger partial charge in [0.1, 0.15) is 6.04 Å². The first-order chi connectivity index (χ1) is 9.52. The van der Waals surface area contributed by atoms with Crippen molar-refractivity contribution in [3.8, 4) is 0 Å². The number of esters is 1. The van der Waals surface area contributed by atoms with Crippen molar-refractivity contribution in [2.75, 3.05) is 6.61 Å². The van der Waals surface area contributed by atoms with Gasteiger partial charge in [-0.05, 0) is 37.1 Å². The second-order valence-corrected chi connectivity index (χ2v) is 4.72. The van der Waals surface area contributed by atoms with E-state index in [1.54, 1.807) is 37.3 Å². The average Bonchev–Trinajstić information content (AvgIpc) is 2.44. The van der Waals surface area contributed by atoms with E-state index in [1.807, 2.05) is 6.92 Å². The number of ether oxygens (including phenoxy) is 1. The van der Waals surface area contributed by atoms with Crippen molar-refractivity contribution in [1.82, 2.24) is 5.32 Å². The van der Waals surface area contributed by atoms with Crippen LogP contribution in [0, 0.1) is 0 Å². The summed E-state index contributed by atoms with van der Waals surface area (Å²) in [6.07, 6.45) is 3.77. The zero-order chi connectivity index (χ0) is 15.0. The molecule has 0 fully saturated rings. The van der Waals surface area contributed by atoms with Gasteiger partial charge in [0.15, 0.2) is 0 Å². The Labute approximate surface area is 123 Å². The fraction of sp³-hybridized carbons (Fsp3) is 0.333. The maximum Gasteiger partial charge on any atom is 0.328 e. The number of amides is 1. The van der Waals surface area contributed by atoms with Crippen LogP contribution in [-0.2, 0) is 14.3 Å². The summed E-state index contributed by atoms with van der Waals surface area (Å²) in [5.74, 6) is -0.777. The van der Waals surface area contributed by atoms with E-state index in [1.165, 1.54) is 6.08 Å². The van der Waals surface area contributed by atoms with Crippen LogP contribution in [0.1, 0.15) is 25.8 Å². The molecule has 5 heteroatoms. The molecule has 1 amide bonds. The third kappa shape index (κ3) is 5.89.